The van der Waals surface area contributed by atoms with E-state index in [9.17, 15) is 5.11 Å². The monoisotopic (exact) mass is 479 g/mol. The average Bonchev–Trinajstić information content (AvgIpc) is 2.68. The fourth-order valence-electron chi connectivity index (χ4n) is 3.01. The predicted octanol–water partition coefficient (Wildman–Crippen LogP) is 4.37. The molecule has 1 heterocycles. The van der Waals surface area contributed by atoms with Gasteiger partial charge in [-0.05, 0) is 29.8 Å². The molecule has 0 aromatic heterocycles. The lowest BCUT2D eigenvalue weighted by Gasteiger charge is -2.37. The van der Waals surface area contributed by atoms with Crippen molar-refractivity contribution in [3.05, 3.63) is 64.1 Å². The van der Waals surface area contributed by atoms with Crippen molar-refractivity contribution in [1.29, 1.82) is 0 Å². The number of aliphatic hydroxyl groups excluding tert-OH is 1. The molecule has 0 saturated carbocycles. The van der Waals surface area contributed by atoms with Crippen molar-refractivity contribution in [2.24, 2.45) is 5.16 Å². The minimum atomic E-state index is -0.584. The zero-order chi connectivity index (χ0) is 19.1. The number of halogens is 4. The highest BCUT2D eigenvalue weighted by molar-refractivity contribution is 6.33. The summed E-state index contributed by atoms with van der Waals surface area (Å²) in [4.78, 5) is 9.71. The third kappa shape index (κ3) is 8.21. The number of hydrogen-bond donors (Lipinski definition) is 1. The van der Waals surface area contributed by atoms with Crippen LogP contribution in [0.15, 0.2) is 53.7 Å². The molecule has 1 aliphatic rings. The van der Waals surface area contributed by atoms with Gasteiger partial charge in [-0.3, -0.25) is 4.90 Å². The third-order valence-corrected chi connectivity index (χ3v) is 5.02. The van der Waals surface area contributed by atoms with Crippen molar-refractivity contribution in [3.8, 4) is 0 Å². The van der Waals surface area contributed by atoms with Crippen LogP contribution in [-0.2, 0) is 4.84 Å². The second-order valence-corrected chi connectivity index (χ2v) is 7.32. The van der Waals surface area contributed by atoms with Crippen molar-refractivity contribution in [1.82, 2.24) is 4.90 Å². The highest BCUT2D eigenvalue weighted by atomic mass is 35.5. The second-order valence-electron chi connectivity index (χ2n) is 6.47. The van der Waals surface area contributed by atoms with Gasteiger partial charge in [-0.2, -0.15) is 0 Å². The van der Waals surface area contributed by atoms with Gasteiger partial charge in [0.25, 0.3) is 0 Å². The minimum Gasteiger partial charge on any atom is -0.393 e. The Morgan fingerprint density at radius 2 is 1.66 bits per heavy atom. The maximum atomic E-state index is 10.2. The van der Waals surface area contributed by atoms with E-state index in [0.717, 1.165) is 42.5 Å². The Bertz CT molecular complexity index is 754. The number of benzene rings is 2. The first-order valence-electron chi connectivity index (χ1n) is 8.92. The number of nitrogens with zero attached hydrogens (tertiary/aromatic N) is 3. The highest BCUT2D eigenvalue weighted by Gasteiger charge is 2.20. The van der Waals surface area contributed by atoms with E-state index in [4.69, 9.17) is 28.0 Å². The first-order chi connectivity index (χ1) is 13.1. The summed E-state index contributed by atoms with van der Waals surface area (Å²) < 4.78 is 0. The Morgan fingerprint density at radius 1 is 1.00 bits per heavy atom. The zero-order valence-electron chi connectivity index (χ0n) is 15.8. The maximum absolute atomic E-state index is 10.2. The summed E-state index contributed by atoms with van der Waals surface area (Å²) in [6.45, 7) is 4.23. The molecule has 160 valence electrons. The van der Waals surface area contributed by atoms with E-state index in [1.165, 1.54) is 0 Å². The molecule has 5 nitrogen and oxygen atoms in total. The Kier molecular flexibility index (Phi) is 11.7. The lowest BCUT2D eigenvalue weighted by Crippen LogP contribution is -2.49. The van der Waals surface area contributed by atoms with E-state index in [0.29, 0.717) is 11.6 Å². The first-order valence-corrected chi connectivity index (χ1v) is 9.68. The van der Waals surface area contributed by atoms with Gasteiger partial charge in [0.05, 0.1) is 16.9 Å². The zero-order valence-corrected chi connectivity index (χ0v) is 18.9. The summed E-state index contributed by atoms with van der Waals surface area (Å²) in [5.41, 5.74) is 1.96. The van der Waals surface area contributed by atoms with Crippen molar-refractivity contribution >= 4 is 59.9 Å². The quantitative estimate of drug-likeness (QED) is 0.472. The Hall–Kier alpha value is -1.21. The van der Waals surface area contributed by atoms with Crippen molar-refractivity contribution in [2.75, 3.05) is 44.2 Å². The SMILES string of the molecule is Cl.Cl.OC(CO/N=C\c1ccc(Cl)cc1)CN1CCN(c2ccccc2Cl)CC1. The maximum Gasteiger partial charge on any atom is 0.144 e. The average molecular weight is 481 g/mol. The van der Waals surface area contributed by atoms with Crippen LogP contribution >= 0.6 is 48.0 Å². The molecule has 2 aromatic rings. The molecule has 3 rings (SSSR count). The standard InChI is InChI=1S/C20H23Cl2N3O2.2ClH/c21-17-7-5-16(6-8-17)13-23-27-15-18(26)14-24-9-11-25(12-10-24)20-4-2-1-3-19(20)22;;/h1-8,13,18,26H,9-12,14-15H2;2*1H/b23-13-;;. The third-order valence-electron chi connectivity index (χ3n) is 4.45. The van der Waals surface area contributed by atoms with Gasteiger partial charge in [-0.25, -0.2) is 0 Å². The largest absolute Gasteiger partial charge is 0.393 e. The molecule has 1 N–H and O–H groups in total. The molecular formula is C20H25Cl4N3O2. The van der Waals surface area contributed by atoms with Crippen LogP contribution in [0.4, 0.5) is 5.69 Å². The van der Waals surface area contributed by atoms with Crippen LogP contribution in [0.25, 0.3) is 0 Å². The van der Waals surface area contributed by atoms with Crippen LogP contribution < -0.4 is 4.90 Å². The van der Waals surface area contributed by atoms with E-state index in [1.54, 1.807) is 18.3 Å². The van der Waals surface area contributed by atoms with Gasteiger partial charge in [0.2, 0.25) is 0 Å². The Morgan fingerprint density at radius 3 is 2.31 bits per heavy atom. The Labute approximate surface area is 194 Å². The number of anilines is 1. The van der Waals surface area contributed by atoms with E-state index < -0.39 is 6.10 Å². The lowest BCUT2D eigenvalue weighted by molar-refractivity contribution is 0.0187. The molecule has 0 amide bonds. The van der Waals surface area contributed by atoms with Gasteiger partial charge in [0.15, 0.2) is 0 Å². The van der Waals surface area contributed by atoms with Gasteiger partial charge in [0.1, 0.15) is 12.7 Å². The number of β-amino-alcohol motifs (C(OH)–C–C–N with tert-alkyl or cyclic N) is 1. The molecule has 0 aliphatic carbocycles. The van der Waals surface area contributed by atoms with Crippen LogP contribution in [0.3, 0.4) is 0 Å². The molecule has 1 aliphatic heterocycles. The summed E-state index contributed by atoms with van der Waals surface area (Å²) in [6, 6.07) is 15.2. The molecule has 0 bridgehead atoms. The second kappa shape index (κ2) is 13.2. The number of rotatable bonds is 7. The summed E-state index contributed by atoms with van der Waals surface area (Å²) in [6.07, 6.45) is 1.02. The number of aliphatic hydroxyl groups is 1. The van der Waals surface area contributed by atoms with E-state index >= 15 is 0 Å². The van der Waals surface area contributed by atoms with E-state index in [1.807, 2.05) is 36.4 Å². The van der Waals surface area contributed by atoms with Gasteiger partial charge in [-0.15, -0.1) is 24.8 Å². The summed E-state index contributed by atoms with van der Waals surface area (Å²) in [7, 11) is 0. The first kappa shape index (κ1) is 25.8. The van der Waals surface area contributed by atoms with Crippen molar-refractivity contribution in [3.63, 3.8) is 0 Å². The molecule has 0 radical (unpaired) electrons. The molecule has 9 heteroatoms. The van der Waals surface area contributed by atoms with Crippen molar-refractivity contribution < 1.29 is 9.94 Å². The fourth-order valence-corrected chi connectivity index (χ4v) is 3.39. The number of para-hydroxylation sites is 1. The number of oxime groups is 1. The van der Waals surface area contributed by atoms with Crippen molar-refractivity contribution in [2.45, 2.75) is 6.10 Å². The number of piperazine rings is 1. The lowest BCUT2D eigenvalue weighted by atomic mass is 10.2. The van der Waals surface area contributed by atoms with Gasteiger partial charge < -0.3 is 14.8 Å². The van der Waals surface area contributed by atoms with Crippen LogP contribution in [0, 0.1) is 0 Å². The molecule has 29 heavy (non-hydrogen) atoms. The van der Waals surface area contributed by atoms with Crippen LogP contribution in [-0.4, -0.2) is 61.7 Å². The smallest absolute Gasteiger partial charge is 0.144 e. The summed E-state index contributed by atoms with van der Waals surface area (Å²) in [5, 5.41) is 15.5. The highest BCUT2D eigenvalue weighted by Crippen LogP contribution is 2.26. The topological polar surface area (TPSA) is 48.3 Å². The van der Waals surface area contributed by atoms with E-state index in [-0.39, 0.29) is 31.4 Å². The molecule has 0 spiro atoms. The Balaban J connectivity index is 0.00000210. The van der Waals surface area contributed by atoms with Crippen LogP contribution in [0.2, 0.25) is 10.0 Å². The molecule has 2 aromatic carbocycles. The minimum absolute atomic E-state index is 0. The molecule has 1 unspecified atom stereocenters. The van der Waals surface area contributed by atoms with Crippen LogP contribution in [0.1, 0.15) is 5.56 Å². The summed E-state index contributed by atoms with van der Waals surface area (Å²) in [5.74, 6) is 0. The predicted molar refractivity (Wildman–Crippen MR) is 126 cm³/mol. The molecular weight excluding hydrogens is 456 g/mol. The van der Waals surface area contributed by atoms with Gasteiger partial charge in [0, 0.05) is 37.7 Å². The van der Waals surface area contributed by atoms with Gasteiger partial charge in [-0.1, -0.05) is 52.6 Å². The molecule has 1 fully saturated rings. The van der Waals surface area contributed by atoms with Gasteiger partial charge >= 0.3 is 0 Å². The van der Waals surface area contributed by atoms with Crippen LogP contribution in [0.5, 0.6) is 0 Å². The molecule has 1 saturated heterocycles. The number of hydrogen-bond acceptors (Lipinski definition) is 5. The normalized spacial score (nSPS) is 15.5. The van der Waals surface area contributed by atoms with E-state index in [2.05, 4.69) is 15.0 Å². The fraction of sp³-hybridized carbons (Fsp3) is 0.350. The molecule has 1 atom stereocenters. The summed E-state index contributed by atoms with van der Waals surface area (Å²) >= 11 is 12.1.